The molecule has 0 bridgehead atoms. The highest BCUT2D eigenvalue weighted by atomic mass is 16.3. The summed E-state index contributed by atoms with van der Waals surface area (Å²) >= 11 is 0. The van der Waals surface area contributed by atoms with Crippen molar-refractivity contribution in [3.8, 4) is 0 Å². The third-order valence-electron chi connectivity index (χ3n) is 1.97. The molecule has 12 heavy (non-hydrogen) atoms. The molecule has 1 aromatic heterocycles. The molecule has 2 nitrogen and oxygen atoms in total. The van der Waals surface area contributed by atoms with Gasteiger partial charge in [-0.25, -0.2) is 0 Å². The van der Waals surface area contributed by atoms with Crippen LogP contribution in [0.3, 0.4) is 0 Å². The predicted octanol–water partition coefficient (Wildman–Crippen LogP) is 2.55. The molecule has 0 radical (unpaired) electrons. The first-order chi connectivity index (χ1) is 5.81. The van der Waals surface area contributed by atoms with E-state index in [9.17, 15) is 4.79 Å². The van der Waals surface area contributed by atoms with Crippen LogP contribution in [0.15, 0.2) is 28.9 Å². The lowest BCUT2D eigenvalue weighted by Gasteiger charge is -1.96. The van der Waals surface area contributed by atoms with Crippen molar-refractivity contribution in [3.05, 3.63) is 35.6 Å². The minimum absolute atomic E-state index is 0.726. The highest BCUT2D eigenvalue weighted by molar-refractivity contribution is 5.87. The van der Waals surface area contributed by atoms with E-state index in [2.05, 4.69) is 0 Å². The molecule has 0 fully saturated rings. The van der Waals surface area contributed by atoms with Gasteiger partial charge in [0.1, 0.15) is 11.9 Å². The molecule has 0 aliphatic heterocycles. The van der Waals surface area contributed by atoms with Crippen molar-refractivity contribution in [2.45, 2.75) is 6.92 Å². The molecule has 0 saturated carbocycles. The molecule has 2 heteroatoms. The van der Waals surface area contributed by atoms with Crippen molar-refractivity contribution >= 4 is 17.3 Å². The van der Waals surface area contributed by atoms with Crippen LogP contribution in [-0.4, -0.2) is 6.29 Å². The molecular formula is C10H8O2. The van der Waals surface area contributed by atoms with Gasteiger partial charge in [-0.1, -0.05) is 0 Å². The summed E-state index contributed by atoms with van der Waals surface area (Å²) in [5.74, 6) is 0. The minimum atomic E-state index is 0.726. The molecule has 2 aromatic rings. The highest BCUT2D eigenvalue weighted by Crippen LogP contribution is 2.19. The van der Waals surface area contributed by atoms with Gasteiger partial charge in [-0.3, -0.25) is 4.79 Å². The predicted molar refractivity (Wildman–Crippen MR) is 46.3 cm³/mol. The van der Waals surface area contributed by atoms with Gasteiger partial charge in [-0.15, -0.1) is 0 Å². The van der Waals surface area contributed by atoms with E-state index in [0.29, 0.717) is 0 Å². The maximum Gasteiger partial charge on any atom is 0.150 e. The van der Waals surface area contributed by atoms with Crippen LogP contribution in [-0.2, 0) is 0 Å². The summed E-state index contributed by atoms with van der Waals surface area (Å²) in [5.41, 5.74) is 2.51. The zero-order chi connectivity index (χ0) is 8.55. The van der Waals surface area contributed by atoms with Crippen molar-refractivity contribution in [2.75, 3.05) is 0 Å². The van der Waals surface area contributed by atoms with Crippen molar-refractivity contribution in [3.63, 3.8) is 0 Å². The summed E-state index contributed by atoms with van der Waals surface area (Å²) in [5, 5.41) is 0.975. The SMILES string of the molecule is Cc1cc2occc2cc1C=O. The van der Waals surface area contributed by atoms with Gasteiger partial charge in [-0.2, -0.15) is 0 Å². The fourth-order valence-electron chi connectivity index (χ4n) is 1.26. The molecule has 1 heterocycles. The number of carbonyl (C=O) groups is 1. The number of rotatable bonds is 1. The maximum atomic E-state index is 10.6. The van der Waals surface area contributed by atoms with Gasteiger partial charge in [0.05, 0.1) is 6.26 Å². The van der Waals surface area contributed by atoms with Crippen LogP contribution in [0, 0.1) is 6.92 Å². The molecule has 0 aliphatic rings. The Morgan fingerprint density at radius 3 is 3.00 bits per heavy atom. The molecule has 0 atom stereocenters. The van der Waals surface area contributed by atoms with Crippen LogP contribution >= 0.6 is 0 Å². The Bertz CT molecular complexity index is 426. The molecule has 0 aliphatic carbocycles. The van der Waals surface area contributed by atoms with Gasteiger partial charge in [0.25, 0.3) is 0 Å². The number of hydrogen-bond acceptors (Lipinski definition) is 2. The number of benzene rings is 1. The molecule has 0 unspecified atom stereocenters. The standard InChI is InChI=1S/C10H8O2/c1-7-4-10-8(2-3-12-10)5-9(7)6-11/h2-6H,1H3. The Labute approximate surface area is 69.8 Å². The Hall–Kier alpha value is -1.57. The van der Waals surface area contributed by atoms with Crippen molar-refractivity contribution in [1.82, 2.24) is 0 Å². The second-order valence-corrected chi connectivity index (χ2v) is 2.79. The second-order valence-electron chi connectivity index (χ2n) is 2.79. The topological polar surface area (TPSA) is 30.2 Å². The second kappa shape index (κ2) is 2.48. The van der Waals surface area contributed by atoms with Crippen LogP contribution in [0.1, 0.15) is 15.9 Å². The summed E-state index contributed by atoms with van der Waals surface area (Å²) in [6.45, 7) is 1.89. The van der Waals surface area contributed by atoms with Crippen LogP contribution in [0.2, 0.25) is 0 Å². The molecule has 0 saturated heterocycles. The lowest BCUT2D eigenvalue weighted by molar-refractivity contribution is 0.112. The summed E-state index contributed by atoms with van der Waals surface area (Å²) in [6, 6.07) is 5.56. The lowest BCUT2D eigenvalue weighted by atomic mass is 10.1. The zero-order valence-corrected chi connectivity index (χ0v) is 6.70. The quantitative estimate of drug-likeness (QED) is 0.600. The van der Waals surface area contributed by atoms with E-state index in [1.54, 1.807) is 6.26 Å². The first-order valence-corrected chi connectivity index (χ1v) is 3.74. The minimum Gasteiger partial charge on any atom is -0.464 e. The van der Waals surface area contributed by atoms with Crippen molar-refractivity contribution in [2.24, 2.45) is 0 Å². The van der Waals surface area contributed by atoms with E-state index in [1.807, 2.05) is 25.1 Å². The van der Waals surface area contributed by atoms with E-state index >= 15 is 0 Å². The molecule has 60 valence electrons. The normalized spacial score (nSPS) is 10.4. The highest BCUT2D eigenvalue weighted by Gasteiger charge is 2.01. The Balaban J connectivity index is 2.81. The van der Waals surface area contributed by atoms with E-state index < -0.39 is 0 Å². The molecule has 2 rings (SSSR count). The van der Waals surface area contributed by atoms with Gasteiger partial charge in [-0.05, 0) is 30.7 Å². The lowest BCUT2D eigenvalue weighted by Crippen LogP contribution is -1.84. The van der Waals surface area contributed by atoms with Crippen LogP contribution in [0.4, 0.5) is 0 Å². The number of hydrogen-bond donors (Lipinski definition) is 0. The summed E-state index contributed by atoms with van der Waals surface area (Å²) in [4.78, 5) is 10.6. The number of furan rings is 1. The average Bonchev–Trinajstić information content (AvgIpc) is 2.49. The first-order valence-electron chi connectivity index (χ1n) is 3.74. The smallest absolute Gasteiger partial charge is 0.150 e. The van der Waals surface area contributed by atoms with Crippen LogP contribution in [0.25, 0.3) is 11.0 Å². The molecule has 0 spiro atoms. The van der Waals surface area contributed by atoms with Crippen LogP contribution in [0.5, 0.6) is 0 Å². The first kappa shape index (κ1) is 7.10. The molecular weight excluding hydrogens is 152 g/mol. The van der Waals surface area contributed by atoms with Crippen molar-refractivity contribution < 1.29 is 9.21 Å². The third-order valence-corrected chi connectivity index (χ3v) is 1.97. The molecule has 0 amide bonds. The number of fused-ring (bicyclic) bond motifs is 1. The number of aldehydes is 1. The molecule has 1 aromatic carbocycles. The Kier molecular flexibility index (Phi) is 1.47. The van der Waals surface area contributed by atoms with E-state index in [4.69, 9.17) is 4.42 Å². The van der Waals surface area contributed by atoms with Crippen molar-refractivity contribution in [1.29, 1.82) is 0 Å². The summed E-state index contributed by atoms with van der Waals surface area (Å²) in [6.07, 6.45) is 2.49. The van der Waals surface area contributed by atoms with E-state index in [-0.39, 0.29) is 0 Å². The van der Waals surface area contributed by atoms with Gasteiger partial charge in [0.2, 0.25) is 0 Å². The third kappa shape index (κ3) is 0.925. The Morgan fingerprint density at radius 2 is 2.25 bits per heavy atom. The van der Waals surface area contributed by atoms with Gasteiger partial charge >= 0.3 is 0 Å². The van der Waals surface area contributed by atoms with Gasteiger partial charge in [0, 0.05) is 10.9 Å². The molecule has 0 N–H and O–H groups in total. The largest absolute Gasteiger partial charge is 0.464 e. The maximum absolute atomic E-state index is 10.6. The Morgan fingerprint density at radius 1 is 1.42 bits per heavy atom. The fraction of sp³-hybridized carbons (Fsp3) is 0.100. The monoisotopic (exact) mass is 160 g/mol. The number of aryl methyl sites for hydroxylation is 1. The fourth-order valence-corrected chi connectivity index (χ4v) is 1.26. The van der Waals surface area contributed by atoms with Gasteiger partial charge < -0.3 is 4.42 Å². The number of carbonyl (C=O) groups excluding carboxylic acids is 1. The van der Waals surface area contributed by atoms with E-state index in [1.165, 1.54) is 0 Å². The van der Waals surface area contributed by atoms with E-state index in [0.717, 1.165) is 28.4 Å². The average molecular weight is 160 g/mol. The van der Waals surface area contributed by atoms with Gasteiger partial charge in [0.15, 0.2) is 0 Å². The zero-order valence-electron chi connectivity index (χ0n) is 6.70. The summed E-state index contributed by atoms with van der Waals surface area (Å²) < 4.78 is 5.18. The van der Waals surface area contributed by atoms with Crippen LogP contribution < -0.4 is 0 Å². The summed E-state index contributed by atoms with van der Waals surface area (Å²) in [7, 11) is 0.